The summed E-state index contributed by atoms with van der Waals surface area (Å²) in [5.74, 6) is -1.73. The quantitative estimate of drug-likeness (QED) is 0.616. The molecule has 0 bridgehead atoms. The van der Waals surface area contributed by atoms with Gasteiger partial charge in [-0.1, -0.05) is 44.5 Å². The van der Waals surface area contributed by atoms with E-state index in [1.807, 2.05) is 13.8 Å². The zero-order valence-electron chi connectivity index (χ0n) is 16.1. The molecule has 3 rings (SSSR count). The van der Waals surface area contributed by atoms with Crippen molar-refractivity contribution in [3.8, 4) is 0 Å². The molecule has 28 heavy (non-hydrogen) atoms. The first kappa shape index (κ1) is 19.5. The first-order valence-electron chi connectivity index (χ1n) is 9.24. The number of carbonyl (C=O) groups excluding carboxylic acids is 4. The highest BCUT2D eigenvalue weighted by molar-refractivity contribution is 6.23. The maximum absolute atomic E-state index is 13.1. The second-order valence-electron chi connectivity index (χ2n) is 6.98. The molecule has 2 aromatic rings. The smallest absolute Gasteiger partial charge is 0.262 e. The van der Waals surface area contributed by atoms with Gasteiger partial charge in [-0.15, -0.1) is 0 Å². The third-order valence-electron chi connectivity index (χ3n) is 5.09. The van der Waals surface area contributed by atoms with E-state index in [9.17, 15) is 19.2 Å². The van der Waals surface area contributed by atoms with Gasteiger partial charge in [0.2, 0.25) is 5.91 Å². The van der Waals surface area contributed by atoms with Crippen LogP contribution in [-0.4, -0.2) is 34.4 Å². The summed E-state index contributed by atoms with van der Waals surface area (Å²) in [6.07, 6.45) is 0.610. The predicted octanol–water partition coefficient (Wildman–Crippen LogP) is 3.54. The SMILES string of the molecule is CC[C@H](C)[C@@H](C(=O)Nc1cccc(C(C)=O)c1)N1C(=O)c2ccccc2C1=O. The highest BCUT2D eigenvalue weighted by atomic mass is 16.2. The molecule has 144 valence electrons. The first-order valence-corrected chi connectivity index (χ1v) is 9.24. The van der Waals surface area contributed by atoms with Crippen LogP contribution in [-0.2, 0) is 4.79 Å². The number of benzene rings is 2. The Labute approximate surface area is 163 Å². The van der Waals surface area contributed by atoms with Crippen molar-refractivity contribution >= 4 is 29.2 Å². The van der Waals surface area contributed by atoms with Crippen LogP contribution in [0.1, 0.15) is 58.3 Å². The van der Waals surface area contributed by atoms with E-state index in [2.05, 4.69) is 5.32 Å². The first-order chi connectivity index (χ1) is 13.3. The van der Waals surface area contributed by atoms with Gasteiger partial charge in [0.25, 0.3) is 11.8 Å². The Morgan fingerprint density at radius 3 is 2.14 bits per heavy atom. The minimum atomic E-state index is -0.946. The molecule has 1 heterocycles. The van der Waals surface area contributed by atoms with E-state index in [0.29, 0.717) is 28.8 Å². The number of hydrogen-bond acceptors (Lipinski definition) is 4. The molecule has 0 aliphatic carbocycles. The molecule has 2 aromatic carbocycles. The van der Waals surface area contributed by atoms with Crippen molar-refractivity contribution in [3.63, 3.8) is 0 Å². The highest BCUT2D eigenvalue weighted by Crippen LogP contribution is 2.29. The number of Topliss-reactive ketones (excluding diaryl/α,β-unsaturated/α-hetero) is 1. The molecule has 0 unspecified atom stereocenters. The van der Waals surface area contributed by atoms with E-state index in [-0.39, 0.29) is 11.7 Å². The number of ketones is 1. The van der Waals surface area contributed by atoms with E-state index in [1.54, 1.807) is 48.5 Å². The van der Waals surface area contributed by atoms with Gasteiger partial charge in [-0.2, -0.15) is 0 Å². The van der Waals surface area contributed by atoms with E-state index in [0.717, 1.165) is 4.90 Å². The number of hydrogen-bond donors (Lipinski definition) is 1. The molecule has 0 saturated carbocycles. The summed E-state index contributed by atoms with van der Waals surface area (Å²) >= 11 is 0. The van der Waals surface area contributed by atoms with Crippen molar-refractivity contribution in [3.05, 3.63) is 65.2 Å². The maximum atomic E-state index is 13.1. The number of amides is 3. The zero-order chi connectivity index (χ0) is 20.4. The van der Waals surface area contributed by atoms with E-state index < -0.39 is 23.8 Å². The van der Waals surface area contributed by atoms with Crippen molar-refractivity contribution < 1.29 is 19.2 Å². The number of nitrogens with zero attached hydrogens (tertiary/aromatic N) is 1. The van der Waals surface area contributed by atoms with Crippen LogP contribution in [0, 0.1) is 5.92 Å². The summed E-state index contributed by atoms with van der Waals surface area (Å²) in [5.41, 5.74) is 1.54. The number of imide groups is 1. The van der Waals surface area contributed by atoms with Gasteiger partial charge in [-0.05, 0) is 37.1 Å². The van der Waals surface area contributed by atoms with E-state index >= 15 is 0 Å². The van der Waals surface area contributed by atoms with Gasteiger partial charge >= 0.3 is 0 Å². The Balaban J connectivity index is 1.92. The summed E-state index contributed by atoms with van der Waals surface area (Å²) in [4.78, 5) is 51.4. The van der Waals surface area contributed by atoms with Gasteiger partial charge in [0, 0.05) is 11.3 Å². The summed E-state index contributed by atoms with van der Waals surface area (Å²) in [5, 5.41) is 2.76. The Kier molecular flexibility index (Phi) is 5.40. The molecule has 0 saturated heterocycles. The average molecular weight is 378 g/mol. The summed E-state index contributed by atoms with van der Waals surface area (Å²) in [7, 11) is 0. The number of rotatable bonds is 6. The molecule has 1 aliphatic heterocycles. The molecule has 0 fully saturated rings. The lowest BCUT2D eigenvalue weighted by Crippen LogP contribution is -2.50. The third-order valence-corrected chi connectivity index (χ3v) is 5.09. The largest absolute Gasteiger partial charge is 0.324 e. The van der Waals surface area contributed by atoms with Crippen molar-refractivity contribution in [2.24, 2.45) is 5.92 Å². The fraction of sp³-hybridized carbons (Fsp3) is 0.273. The zero-order valence-corrected chi connectivity index (χ0v) is 16.1. The fourth-order valence-corrected chi connectivity index (χ4v) is 3.35. The lowest BCUT2D eigenvalue weighted by molar-refractivity contribution is -0.121. The normalized spacial score (nSPS) is 15.2. The van der Waals surface area contributed by atoms with E-state index in [4.69, 9.17) is 0 Å². The lowest BCUT2D eigenvalue weighted by atomic mass is 9.96. The second-order valence-corrected chi connectivity index (χ2v) is 6.98. The van der Waals surface area contributed by atoms with Gasteiger partial charge in [-0.3, -0.25) is 24.1 Å². The van der Waals surface area contributed by atoms with Gasteiger partial charge in [0.15, 0.2) is 5.78 Å². The Bertz CT molecular complexity index is 932. The van der Waals surface area contributed by atoms with Crippen LogP contribution >= 0.6 is 0 Å². The lowest BCUT2D eigenvalue weighted by Gasteiger charge is -2.29. The van der Waals surface area contributed by atoms with Crippen LogP contribution in [0.3, 0.4) is 0 Å². The molecule has 0 radical (unpaired) electrons. The minimum absolute atomic E-state index is 0.116. The Morgan fingerprint density at radius 1 is 1.00 bits per heavy atom. The molecule has 3 amide bonds. The number of nitrogens with one attached hydrogen (secondary N) is 1. The highest BCUT2D eigenvalue weighted by Gasteiger charge is 2.44. The van der Waals surface area contributed by atoms with Crippen LogP contribution in [0.5, 0.6) is 0 Å². The monoisotopic (exact) mass is 378 g/mol. The van der Waals surface area contributed by atoms with Crippen molar-refractivity contribution in [1.82, 2.24) is 4.90 Å². The number of fused-ring (bicyclic) bond motifs is 1. The Hall–Kier alpha value is -3.28. The van der Waals surface area contributed by atoms with Crippen LogP contribution in [0.15, 0.2) is 48.5 Å². The molecule has 1 N–H and O–H groups in total. The van der Waals surface area contributed by atoms with E-state index in [1.165, 1.54) is 6.92 Å². The molecule has 2 atom stereocenters. The number of carbonyl (C=O) groups is 4. The average Bonchev–Trinajstić information content (AvgIpc) is 2.93. The third kappa shape index (κ3) is 3.45. The molecule has 0 spiro atoms. The van der Waals surface area contributed by atoms with Crippen LogP contribution in [0.4, 0.5) is 5.69 Å². The summed E-state index contributed by atoms with van der Waals surface area (Å²) in [6, 6.07) is 12.2. The van der Waals surface area contributed by atoms with Crippen LogP contribution < -0.4 is 5.32 Å². The molecule has 6 heteroatoms. The van der Waals surface area contributed by atoms with Crippen molar-refractivity contribution in [2.75, 3.05) is 5.32 Å². The molecule has 1 aliphatic rings. The van der Waals surface area contributed by atoms with Gasteiger partial charge in [-0.25, -0.2) is 0 Å². The van der Waals surface area contributed by atoms with Crippen molar-refractivity contribution in [1.29, 1.82) is 0 Å². The van der Waals surface area contributed by atoms with Gasteiger partial charge in [0.05, 0.1) is 11.1 Å². The number of anilines is 1. The predicted molar refractivity (Wildman–Crippen MR) is 105 cm³/mol. The van der Waals surface area contributed by atoms with Crippen LogP contribution in [0.25, 0.3) is 0 Å². The minimum Gasteiger partial charge on any atom is -0.324 e. The molecule has 6 nitrogen and oxygen atoms in total. The molecule has 0 aromatic heterocycles. The standard InChI is InChI=1S/C22H22N2O4/c1-4-13(2)19(20(26)23-16-9-7-8-15(12-16)14(3)25)24-21(27)17-10-5-6-11-18(17)22(24)28/h5-13,19H,4H2,1-3H3,(H,23,26)/t13-,19-/m0/s1. The fourth-order valence-electron chi connectivity index (χ4n) is 3.35. The maximum Gasteiger partial charge on any atom is 0.262 e. The van der Waals surface area contributed by atoms with Gasteiger partial charge in [0.1, 0.15) is 6.04 Å². The Morgan fingerprint density at radius 2 is 1.61 bits per heavy atom. The summed E-state index contributed by atoms with van der Waals surface area (Å²) in [6.45, 7) is 5.18. The van der Waals surface area contributed by atoms with Gasteiger partial charge < -0.3 is 5.32 Å². The molecular weight excluding hydrogens is 356 g/mol. The topological polar surface area (TPSA) is 83.6 Å². The second kappa shape index (κ2) is 7.76. The molecular formula is C22H22N2O4. The summed E-state index contributed by atoms with van der Waals surface area (Å²) < 4.78 is 0. The van der Waals surface area contributed by atoms with Crippen LogP contribution in [0.2, 0.25) is 0 Å². The van der Waals surface area contributed by atoms with Crippen molar-refractivity contribution in [2.45, 2.75) is 33.2 Å².